The normalized spacial score (nSPS) is 18.1. The first-order valence-corrected chi connectivity index (χ1v) is 14.3. The van der Waals surface area contributed by atoms with Crippen LogP contribution in [-0.2, 0) is 15.0 Å². The molecule has 1 atom stereocenters. The molecule has 8 heteroatoms. The van der Waals surface area contributed by atoms with Gasteiger partial charge in [0.2, 0.25) is 11.8 Å². The van der Waals surface area contributed by atoms with Crippen molar-refractivity contribution in [3.63, 3.8) is 0 Å². The van der Waals surface area contributed by atoms with Crippen molar-refractivity contribution in [1.82, 2.24) is 14.7 Å². The molecule has 38 heavy (non-hydrogen) atoms. The Balaban J connectivity index is 1.78. The molecule has 1 aromatic heterocycles. The summed E-state index contributed by atoms with van der Waals surface area (Å²) in [5.41, 5.74) is 5.13. The predicted molar refractivity (Wildman–Crippen MR) is 151 cm³/mol. The third-order valence-electron chi connectivity index (χ3n) is 7.28. The van der Waals surface area contributed by atoms with Crippen LogP contribution in [-0.4, -0.2) is 51.9 Å². The summed E-state index contributed by atoms with van der Waals surface area (Å²) in [7, 11) is 0. The second-order valence-corrected chi connectivity index (χ2v) is 12.4. The van der Waals surface area contributed by atoms with Crippen LogP contribution in [0, 0.1) is 19.7 Å². The number of carbonyl (C=O) groups excluding carboxylic acids is 2. The fraction of sp³-hybridized carbons (Fsp3) is 0.433. The van der Waals surface area contributed by atoms with Gasteiger partial charge in [-0.15, -0.1) is 11.8 Å². The van der Waals surface area contributed by atoms with Crippen molar-refractivity contribution in [1.29, 1.82) is 0 Å². The molecule has 3 aromatic rings. The van der Waals surface area contributed by atoms with E-state index < -0.39 is 0 Å². The van der Waals surface area contributed by atoms with E-state index >= 15 is 0 Å². The van der Waals surface area contributed by atoms with Crippen LogP contribution in [0.15, 0.2) is 42.5 Å². The highest BCUT2D eigenvalue weighted by molar-refractivity contribution is 8.00. The van der Waals surface area contributed by atoms with Crippen LogP contribution in [0.25, 0.3) is 5.69 Å². The van der Waals surface area contributed by atoms with Crippen molar-refractivity contribution < 1.29 is 14.0 Å². The smallest absolute Gasteiger partial charge is 0.242 e. The summed E-state index contributed by atoms with van der Waals surface area (Å²) in [6.07, 6.45) is 1.97. The van der Waals surface area contributed by atoms with Crippen molar-refractivity contribution in [3.05, 3.63) is 76.2 Å². The number of halogens is 1. The van der Waals surface area contributed by atoms with Crippen molar-refractivity contribution in [3.8, 4) is 5.69 Å². The molecule has 2 amide bonds. The fourth-order valence-electron chi connectivity index (χ4n) is 5.42. The Morgan fingerprint density at radius 3 is 2.50 bits per heavy atom. The average molecular weight is 535 g/mol. The van der Waals surface area contributed by atoms with Crippen LogP contribution < -0.4 is 4.90 Å². The maximum atomic E-state index is 14.4. The number of hydrogen-bond donors (Lipinski definition) is 0. The van der Waals surface area contributed by atoms with Gasteiger partial charge in [-0.3, -0.25) is 14.5 Å². The molecule has 6 nitrogen and oxygen atoms in total. The van der Waals surface area contributed by atoms with Crippen LogP contribution in [0.3, 0.4) is 0 Å². The van der Waals surface area contributed by atoms with Crippen LogP contribution in [0.1, 0.15) is 66.8 Å². The van der Waals surface area contributed by atoms with E-state index in [1.165, 1.54) is 23.9 Å². The first-order valence-electron chi connectivity index (χ1n) is 13.2. The number of amides is 2. The molecular formula is C30H35FN4O2S. The lowest BCUT2D eigenvalue weighted by Gasteiger charge is -2.26. The zero-order chi connectivity index (χ0) is 27.2. The number of aryl methyl sites for hydroxylation is 2. The Kier molecular flexibility index (Phi) is 7.11. The number of nitrogens with zero attached hydrogens (tertiary/aromatic N) is 4. The molecule has 0 aliphatic carbocycles. The van der Waals surface area contributed by atoms with Crippen molar-refractivity contribution in [2.24, 2.45) is 0 Å². The number of aromatic nitrogens is 2. The Morgan fingerprint density at radius 1 is 1.11 bits per heavy atom. The summed E-state index contributed by atoms with van der Waals surface area (Å²) < 4.78 is 16.3. The molecule has 1 saturated heterocycles. The molecule has 0 saturated carbocycles. The summed E-state index contributed by atoms with van der Waals surface area (Å²) >= 11 is 1.47. The molecular weight excluding hydrogens is 499 g/mol. The van der Waals surface area contributed by atoms with E-state index in [2.05, 4.69) is 26.8 Å². The van der Waals surface area contributed by atoms with E-state index in [0.29, 0.717) is 5.82 Å². The third-order valence-corrected chi connectivity index (χ3v) is 8.54. The van der Waals surface area contributed by atoms with Gasteiger partial charge < -0.3 is 4.90 Å². The summed E-state index contributed by atoms with van der Waals surface area (Å²) in [5, 5.41) is 4.83. The highest BCUT2D eigenvalue weighted by Crippen LogP contribution is 2.48. The number of carbonyl (C=O) groups is 2. The molecule has 0 radical (unpaired) electrons. The molecule has 0 spiro atoms. The number of thioether (sulfide) groups is 1. The second-order valence-electron chi connectivity index (χ2n) is 11.4. The molecule has 1 fully saturated rings. The summed E-state index contributed by atoms with van der Waals surface area (Å²) in [5.74, 6) is 0.273. The predicted octanol–water partition coefficient (Wildman–Crippen LogP) is 5.72. The van der Waals surface area contributed by atoms with Crippen molar-refractivity contribution in [2.75, 3.05) is 30.3 Å². The number of fused-ring (bicyclic) bond motifs is 1. The van der Waals surface area contributed by atoms with Crippen LogP contribution in [0.2, 0.25) is 0 Å². The number of rotatable bonds is 4. The molecule has 0 N–H and O–H groups in total. The van der Waals surface area contributed by atoms with Gasteiger partial charge in [-0.1, -0.05) is 50.6 Å². The van der Waals surface area contributed by atoms with Gasteiger partial charge in [0.05, 0.1) is 22.4 Å². The number of anilines is 1. The maximum Gasteiger partial charge on any atom is 0.242 e. The summed E-state index contributed by atoms with van der Waals surface area (Å²) in [6, 6.07) is 12.7. The first-order chi connectivity index (χ1) is 18.0. The zero-order valence-electron chi connectivity index (χ0n) is 22.8. The molecule has 2 aromatic carbocycles. The van der Waals surface area contributed by atoms with E-state index in [0.717, 1.165) is 59.6 Å². The lowest BCUT2D eigenvalue weighted by atomic mass is 9.87. The second kappa shape index (κ2) is 10.2. The molecule has 2 aliphatic rings. The van der Waals surface area contributed by atoms with Gasteiger partial charge in [-0.05, 0) is 56.0 Å². The first kappa shape index (κ1) is 26.5. The minimum absolute atomic E-state index is 0.0392. The van der Waals surface area contributed by atoms with Gasteiger partial charge in [0.25, 0.3) is 0 Å². The van der Waals surface area contributed by atoms with Crippen molar-refractivity contribution >= 4 is 29.4 Å². The molecule has 5 rings (SSSR count). The SMILES string of the molecule is Cc1ccc(-n2nc(C(C)(C)C)c3c2N(CC(=O)N2CCCC2)C(=O)CS[C@@H]3c2cccc(F)c2)c(C)c1. The minimum Gasteiger partial charge on any atom is -0.341 e. The van der Waals surface area contributed by atoms with Gasteiger partial charge in [-0.25, -0.2) is 9.07 Å². The number of likely N-dealkylation sites (tertiary alicyclic amines) is 1. The highest BCUT2D eigenvalue weighted by atomic mass is 32.2. The number of benzene rings is 2. The van der Waals surface area contributed by atoms with E-state index in [-0.39, 0.29) is 40.6 Å². The quantitative estimate of drug-likeness (QED) is 0.430. The lowest BCUT2D eigenvalue weighted by Crippen LogP contribution is -2.43. The van der Waals surface area contributed by atoms with E-state index in [1.54, 1.807) is 11.0 Å². The topological polar surface area (TPSA) is 58.4 Å². The molecule has 200 valence electrons. The minimum atomic E-state index is -0.363. The lowest BCUT2D eigenvalue weighted by molar-refractivity contribution is -0.130. The largest absolute Gasteiger partial charge is 0.341 e. The molecule has 0 unspecified atom stereocenters. The van der Waals surface area contributed by atoms with Gasteiger partial charge in [-0.2, -0.15) is 5.10 Å². The van der Waals surface area contributed by atoms with Gasteiger partial charge in [0.15, 0.2) is 0 Å². The monoisotopic (exact) mass is 534 g/mol. The Morgan fingerprint density at radius 2 is 1.84 bits per heavy atom. The standard InChI is InChI=1S/C30H35FN4O2S/c1-19-11-12-23(20(2)15-19)35-29-26(28(32-35)30(3,4)5)27(21-9-8-10-22(31)16-21)38-18-25(37)34(29)17-24(36)33-13-6-7-14-33/h8-12,15-16,27H,6-7,13-14,17-18H2,1-5H3/t27-/m1/s1. The molecule has 2 aliphatic heterocycles. The molecule has 3 heterocycles. The summed E-state index contributed by atoms with van der Waals surface area (Å²) in [4.78, 5) is 30.6. The third kappa shape index (κ3) is 4.98. The van der Waals surface area contributed by atoms with E-state index in [1.807, 2.05) is 41.6 Å². The van der Waals surface area contributed by atoms with Crippen LogP contribution in [0.4, 0.5) is 10.2 Å². The summed E-state index contributed by atoms with van der Waals surface area (Å²) in [6.45, 7) is 11.8. The fourth-order valence-corrected chi connectivity index (χ4v) is 6.61. The molecule has 0 bridgehead atoms. The van der Waals surface area contributed by atoms with Crippen LogP contribution >= 0.6 is 11.8 Å². The van der Waals surface area contributed by atoms with Crippen molar-refractivity contribution in [2.45, 2.75) is 58.1 Å². The average Bonchev–Trinajstić information content (AvgIpc) is 3.49. The Labute approximate surface area is 228 Å². The highest BCUT2D eigenvalue weighted by Gasteiger charge is 2.40. The van der Waals surface area contributed by atoms with Gasteiger partial charge >= 0.3 is 0 Å². The van der Waals surface area contributed by atoms with Gasteiger partial charge in [0, 0.05) is 24.1 Å². The van der Waals surface area contributed by atoms with E-state index in [9.17, 15) is 14.0 Å². The number of hydrogen-bond acceptors (Lipinski definition) is 4. The maximum absolute atomic E-state index is 14.4. The Hall–Kier alpha value is -3.13. The van der Waals surface area contributed by atoms with Crippen LogP contribution in [0.5, 0.6) is 0 Å². The Bertz CT molecular complexity index is 1390. The van der Waals surface area contributed by atoms with E-state index in [4.69, 9.17) is 5.10 Å². The zero-order valence-corrected chi connectivity index (χ0v) is 23.6. The van der Waals surface area contributed by atoms with Gasteiger partial charge in [0.1, 0.15) is 18.2 Å².